The summed E-state index contributed by atoms with van der Waals surface area (Å²) in [4.78, 5) is 11.5. The van der Waals surface area contributed by atoms with Crippen molar-refractivity contribution >= 4 is 63.1 Å². The van der Waals surface area contributed by atoms with Gasteiger partial charge in [-0.1, -0.05) is 53.5 Å². The molecule has 1 spiro atoms. The second kappa shape index (κ2) is 9.18. The largest absolute Gasteiger partial charge is 0.464 e. The Hall–Kier alpha value is -3.26. The Labute approximate surface area is 211 Å². The van der Waals surface area contributed by atoms with Crippen molar-refractivity contribution in [3.8, 4) is 0 Å². The van der Waals surface area contributed by atoms with Crippen LogP contribution < -0.4 is 10.0 Å². The monoisotopic (exact) mass is 508 g/mol. The number of rotatable bonds is 4. The van der Waals surface area contributed by atoms with E-state index in [9.17, 15) is 4.79 Å². The van der Waals surface area contributed by atoms with Crippen LogP contribution in [0.3, 0.4) is 0 Å². The molecule has 170 valence electrons. The predicted molar refractivity (Wildman–Crippen MR) is 140 cm³/mol. The van der Waals surface area contributed by atoms with Crippen molar-refractivity contribution in [2.75, 3.05) is 17.1 Å². The lowest BCUT2D eigenvalue weighted by Crippen LogP contribution is -2.53. The van der Waals surface area contributed by atoms with E-state index in [1.807, 2.05) is 83.9 Å². The van der Waals surface area contributed by atoms with Gasteiger partial charge in [0.15, 0.2) is 0 Å². The van der Waals surface area contributed by atoms with Gasteiger partial charge in [0.25, 0.3) is 0 Å². The molecule has 0 saturated heterocycles. The lowest BCUT2D eigenvalue weighted by Gasteiger charge is -2.43. The van der Waals surface area contributed by atoms with Gasteiger partial charge in [0.05, 0.1) is 24.2 Å². The molecule has 3 aromatic rings. The number of hydrogen-bond donors (Lipinski definition) is 0. The van der Waals surface area contributed by atoms with Gasteiger partial charge in [-0.05, 0) is 72.4 Å². The van der Waals surface area contributed by atoms with Crippen LogP contribution in [0.2, 0.25) is 10.0 Å². The summed E-state index contributed by atoms with van der Waals surface area (Å²) in [7, 11) is 1.34. The number of methoxy groups -OCH3 is 1. The zero-order valence-corrected chi connectivity index (χ0v) is 20.3. The van der Waals surface area contributed by atoms with Crippen molar-refractivity contribution < 1.29 is 9.53 Å². The molecule has 0 saturated carbocycles. The first-order valence-corrected chi connectivity index (χ1v) is 11.9. The lowest BCUT2D eigenvalue weighted by molar-refractivity contribution is -0.132. The third-order valence-corrected chi connectivity index (χ3v) is 7.01. The van der Waals surface area contributed by atoms with Gasteiger partial charge in [0.2, 0.25) is 10.0 Å². The number of para-hydroxylation sites is 1. The highest BCUT2D eigenvalue weighted by Gasteiger charge is 2.51. The van der Waals surface area contributed by atoms with E-state index in [0.29, 0.717) is 10.0 Å². The second-order valence-electron chi connectivity index (χ2n) is 7.42. The average Bonchev–Trinajstić information content (AvgIpc) is 3.25. The minimum atomic E-state index is -0.991. The van der Waals surface area contributed by atoms with Crippen LogP contribution in [-0.2, 0) is 9.53 Å². The van der Waals surface area contributed by atoms with Crippen LogP contribution in [0.5, 0.6) is 0 Å². The van der Waals surface area contributed by atoms with E-state index in [-0.39, 0.29) is 5.04 Å². The highest BCUT2D eigenvalue weighted by molar-refractivity contribution is 8.17. The predicted octanol–water partition coefficient (Wildman–Crippen LogP) is 6.17. The standard InChI is InChI=1S/C25H18Cl2N4O2S/c1-33-24(32)23-29-31(21-13-11-19(27)12-14-21)25(34-23)16-15-22(17-7-9-18(26)10-8-17)28-30(25)20-5-3-2-4-6-20/h2-16H,1H3/t25-/m1/s1. The highest BCUT2D eigenvalue weighted by Crippen LogP contribution is 2.48. The smallest absolute Gasteiger partial charge is 0.365 e. The number of thioether (sulfide) groups is 1. The maximum Gasteiger partial charge on any atom is 0.365 e. The molecule has 0 bridgehead atoms. The van der Waals surface area contributed by atoms with Crippen LogP contribution >= 0.6 is 35.0 Å². The van der Waals surface area contributed by atoms with Gasteiger partial charge < -0.3 is 4.74 Å². The fourth-order valence-electron chi connectivity index (χ4n) is 3.66. The number of halogens is 2. The Balaban J connectivity index is 1.66. The molecule has 3 aromatic carbocycles. The number of ether oxygens (including phenoxy) is 1. The summed E-state index contributed by atoms with van der Waals surface area (Å²) >= 11 is 13.5. The van der Waals surface area contributed by atoms with E-state index in [0.717, 1.165) is 22.6 Å². The number of nitrogens with zero attached hydrogens (tertiary/aromatic N) is 4. The molecule has 34 heavy (non-hydrogen) atoms. The number of hydrazone groups is 2. The molecule has 1 atom stereocenters. The molecule has 0 fully saturated rings. The third-order valence-electron chi connectivity index (χ3n) is 5.28. The minimum absolute atomic E-state index is 0.216. The van der Waals surface area contributed by atoms with Gasteiger partial charge in [-0.15, -0.1) is 0 Å². The van der Waals surface area contributed by atoms with Gasteiger partial charge in [-0.2, -0.15) is 10.2 Å². The molecule has 0 aliphatic carbocycles. The summed E-state index contributed by atoms with van der Waals surface area (Å²) < 4.78 is 4.98. The number of hydrogen-bond acceptors (Lipinski definition) is 7. The van der Waals surface area contributed by atoms with Crippen LogP contribution in [0.25, 0.3) is 0 Å². The lowest BCUT2D eigenvalue weighted by atomic mass is 10.1. The van der Waals surface area contributed by atoms with Crippen molar-refractivity contribution in [1.29, 1.82) is 0 Å². The summed E-state index contributed by atoms with van der Waals surface area (Å²) in [5.74, 6) is -0.519. The van der Waals surface area contributed by atoms with Gasteiger partial charge in [-0.3, -0.25) is 0 Å². The van der Waals surface area contributed by atoms with Crippen molar-refractivity contribution in [3.63, 3.8) is 0 Å². The molecule has 5 rings (SSSR count). The summed E-state index contributed by atoms with van der Waals surface area (Å²) in [6.07, 6.45) is 3.91. The van der Waals surface area contributed by atoms with Crippen molar-refractivity contribution in [2.24, 2.45) is 10.2 Å². The van der Waals surface area contributed by atoms with Gasteiger partial charge >= 0.3 is 5.97 Å². The SMILES string of the molecule is COC(=O)C1=NN(c2ccc(Cl)cc2)[C@]2(C=CC(c3ccc(Cl)cc3)=NN2c2ccccc2)S1. The summed E-state index contributed by atoms with van der Waals surface area (Å²) in [5.41, 5.74) is 3.22. The molecule has 0 N–H and O–H groups in total. The van der Waals surface area contributed by atoms with Crippen molar-refractivity contribution in [3.05, 3.63) is 107 Å². The molecule has 0 radical (unpaired) electrons. The average molecular weight is 509 g/mol. The topological polar surface area (TPSA) is 57.5 Å². The Kier molecular flexibility index (Phi) is 6.08. The molecule has 0 amide bonds. The van der Waals surface area contributed by atoms with Crippen LogP contribution in [0.4, 0.5) is 11.4 Å². The van der Waals surface area contributed by atoms with E-state index in [1.54, 1.807) is 17.1 Å². The van der Waals surface area contributed by atoms with E-state index in [2.05, 4.69) is 5.10 Å². The molecular weight excluding hydrogens is 491 g/mol. The van der Waals surface area contributed by atoms with Crippen LogP contribution in [0.15, 0.2) is 101 Å². The number of allylic oxidation sites excluding steroid dienone is 1. The van der Waals surface area contributed by atoms with Crippen LogP contribution in [0.1, 0.15) is 5.56 Å². The Morgan fingerprint density at radius 2 is 1.44 bits per heavy atom. The summed E-state index contributed by atoms with van der Waals surface area (Å²) in [6, 6.07) is 24.5. The third kappa shape index (κ3) is 4.07. The normalized spacial score (nSPS) is 19.3. The molecule has 6 nitrogen and oxygen atoms in total. The van der Waals surface area contributed by atoms with Gasteiger partial charge in [-0.25, -0.2) is 14.8 Å². The fraction of sp³-hybridized carbons (Fsp3) is 0.0800. The van der Waals surface area contributed by atoms with Crippen LogP contribution in [0, 0.1) is 0 Å². The maximum absolute atomic E-state index is 12.5. The molecular formula is C25H18Cl2N4O2S. The number of anilines is 2. The number of carbonyl (C=O) groups is 1. The van der Waals surface area contributed by atoms with E-state index in [4.69, 9.17) is 33.0 Å². The fourth-order valence-corrected chi connectivity index (χ4v) is 5.09. The molecule has 2 heterocycles. The number of benzene rings is 3. The maximum atomic E-state index is 12.5. The highest BCUT2D eigenvalue weighted by atomic mass is 35.5. The Morgan fingerprint density at radius 1 is 0.853 bits per heavy atom. The molecule has 2 aliphatic heterocycles. The first-order chi connectivity index (χ1) is 16.5. The van der Waals surface area contributed by atoms with Crippen LogP contribution in [-0.4, -0.2) is 28.8 Å². The second-order valence-corrected chi connectivity index (χ2v) is 9.48. The van der Waals surface area contributed by atoms with E-state index in [1.165, 1.54) is 18.9 Å². The Morgan fingerprint density at radius 3 is 2.09 bits per heavy atom. The first-order valence-electron chi connectivity index (χ1n) is 10.3. The van der Waals surface area contributed by atoms with E-state index < -0.39 is 11.0 Å². The first kappa shape index (κ1) is 22.5. The molecule has 2 aliphatic rings. The van der Waals surface area contributed by atoms with Crippen molar-refractivity contribution in [1.82, 2.24) is 0 Å². The summed E-state index contributed by atoms with van der Waals surface area (Å²) in [6.45, 7) is 0. The quantitative estimate of drug-likeness (QED) is 0.394. The molecule has 9 heteroatoms. The van der Waals surface area contributed by atoms with Gasteiger partial charge in [0, 0.05) is 15.6 Å². The van der Waals surface area contributed by atoms with Crippen molar-refractivity contribution in [2.45, 2.75) is 4.99 Å². The Bertz CT molecular complexity index is 1310. The zero-order valence-electron chi connectivity index (χ0n) is 17.9. The minimum Gasteiger partial charge on any atom is -0.464 e. The summed E-state index contributed by atoms with van der Waals surface area (Å²) in [5, 5.41) is 14.7. The number of esters is 1. The molecule has 0 unspecified atom stereocenters. The zero-order chi connectivity index (χ0) is 23.7. The van der Waals surface area contributed by atoms with Gasteiger partial charge in [0.1, 0.15) is 0 Å². The number of carbonyl (C=O) groups excluding carboxylic acids is 1. The van der Waals surface area contributed by atoms with E-state index >= 15 is 0 Å². The molecule has 0 aromatic heterocycles.